The summed E-state index contributed by atoms with van der Waals surface area (Å²) in [4.78, 5) is 0. The minimum Gasteiger partial charge on any atom is -0.356 e. The van der Waals surface area contributed by atoms with E-state index in [1.54, 1.807) is 0 Å². The molecule has 49 valence electrons. The Balaban J connectivity index is 2.28. The second kappa shape index (κ2) is 3.30. The normalized spacial score (nSPS) is 17.9. The summed E-state index contributed by atoms with van der Waals surface area (Å²) in [6, 6.07) is 0. The van der Waals surface area contributed by atoms with Crippen LogP contribution >= 0.6 is 0 Å². The molecule has 1 rings (SSSR count). The average Bonchev–Trinajstić information content (AvgIpc) is 1.91. The SMILES string of the molecule is CCO[C]1C=CC=CN1. The van der Waals surface area contributed by atoms with Crippen molar-refractivity contribution in [3.05, 3.63) is 30.7 Å². The van der Waals surface area contributed by atoms with E-state index in [0.717, 1.165) is 6.23 Å². The molecule has 1 aliphatic rings. The van der Waals surface area contributed by atoms with Gasteiger partial charge in [0.25, 0.3) is 0 Å². The minimum absolute atomic E-state index is 0.709. The first-order valence-electron chi connectivity index (χ1n) is 3.03. The van der Waals surface area contributed by atoms with E-state index < -0.39 is 0 Å². The number of rotatable bonds is 2. The molecule has 0 spiro atoms. The Morgan fingerprint density at radius 1 is 1.56 bits per heavy atom. The van der Waals surface area contributed by atoms with Crippen molar-refractivity contribution in [1.82, 2.24) is 5.32 Å². The van der Waals surface area contributed by atoms with Crippen molar-refractivity contribution < 1.29 is 4.74 Å². The van der Waals surface area contributed by atoms with Crippen LogP contribution in [0.15, 0.2) is 24.4 Å². The van der Waals surface area contributed by atoms with Crippen LogP contribution in [0.4, 0.5) is 0 Å². The van der Waals surface area contributed by atoms with Crippen LogP contribution in [0.1, 0.15) is 6.92 Å². The lowest BCUT2D eigenvalue weighted by Gasteiger charge is -2.12. The number of ether oxygens (including phenoxy) is 1. The molecule has 0 fully saturated rings. The van der Waals surface area contributed by atoms with Crippen LogP contribution in [0.2, 0.25) is 0 Å². The summed E-state index contributed by atoms with van der Waals surface area (Å²) in [5, 5.41) is 2.95. The maximum atomic E-state index is 5.15. The van der Waals surface area contributed by atoms with Crippen molar-refractivity contribution >= 4 is 0 Å². The molecule has 2 nitrogen and oxygen atoms in total. The number of nitrogens with one attached hydrogen (secondary N) is 1. The summed E-state index contributed by atoms with van der Waals surface area (Å²) in [5.41, 5.74) is 0. The van der Waals surface area contributed by atoms with E-state index in [9.17, 15) is 0 Å². The molecule has 1 N–H and O–H groups in total. The van der Waals surface area contributed by atoms with E-state index in [2.05, 4.69) is 5.32 Å². The molecular formula is C7H10NO. The van der Waals surface area contributed by atoms with Gasteiger partial charge in [0.05, 0.1) is 0 Å². The van der Waals surface area contributed by atoms with Crippen molar-refractivity contribution in [3.8, 4) is 0 Å². The molecule has 9 heavy (non-hydrogen) atoms. The first-order chi connectivity index (χ1) is 4.43. The lowest BCUT2D eigenvalue weighted by atomic mass is 10.4. The van der Waals surface area contributed by atoms with Crippen molar-refractivity contribution in [2.24, 2.45) is 0 Å². The largest absolute Gasteiger partial charge is 0.356 e. The standard InChI is InChI=1S/C7H10NO/c1-2-9-7-5-3-4-6-8-7/h3-6,8H,2H2,1H3. The predicted molar refractivity (Wildman–Crippen MR) is 36.3 cm³/mol. The Kier molecular flexibility index (Phi) is 2.33. The van der Waals surface area contributed by atoms with E-state index in [1.807, 2.05) is 31.4 Å². The van der Waals surface area contributed by atoms with Gasteiger partial charge in [-0.25, -0.2) is 0 Å². The fourth-order valence-corrected chi connectivity index (χ4v) is 0.622. The van der Waals surface area contributed by atoms with Crippen LogP contribution in [0.3, 0.4) is 0 Å². The maximum absolute atomic E-state index is 5.15. The highest BCUT2D eigenvalue weighted by Gasteiger charge is 2.02. The van der Waals surface area contributed by atoms with Crippen LogP contribution in [0.5, 0.6) is 0 Å². The average molecular weight is 124 g/mol. The molecule has 0 unspecified atom stereocenters. The molecule has 0 aliphatic carbocycles. The Bertz CT molecular complexity index is 129. The fourth-order valence-electron chi connectivity index (χ4n) is 0.622. The van der Waals surface area contributed by atoms with E-state index in [1.165, 1.54) is 0 Å². The Hall–Kier alpha value is -0.760. The van der Waals surface area contributed by atoms with Gasteiger partial charge in [-0.1, -0.05) is 6.08 Å². The molecule has 1 aliphatic heterocycles. The summed E-state index contributed by atoms with van der Waals surface area (Å²) in [6.45, 7) is 2.67. The van der Waals surface area contributed by atoms with Crippen molar-refractivity contribution in [2.45, 2.75) is 6.92 Å². The molecule has 0 saturated carbocycles. The first-order valence-corrected chi connectivity index (χ1v) is 3.03. The highest BCUT2D eigenvalue weighted by atomic mass is 16.5. The molecular weight excluding hydrogens is 114 g/mol. The Morgan fingerprint density at radius 2 is 2.44 bits per heavy atom. The van der Waals surface area contributed by atoms with Crippen molar-refractivity contribution in [3.63, 3.8) is 0 Å². The van der Waals surface area contributed by atoms with Gasteiger partial charge in [-0.2, -0.15) is 0 Å². The maximum Gasteiger partial charge on any atom is 0.210 e. The summed E-state index contributed by atoms with van der Waals surface area (Å²) in [5.74, 6) is 0. The van der Waals surface area contributed by atoms with E-state index in [4.69, 9.17) is 4.74 Å². The van der Waals surface area contributed by atoms with E-state index >= 15 is 0 Å². The Labute approximate surface area is 55.2 Å². The van der Waals surface area contributed by atoms with E-state index in [-0.39, 0.29) is 0 Å². The molecule has 1 heterocycles. The molecule has 0 amide bonds. The van der Waals surface area contributed by atoms with Gasteiger partial charge >= 0.3 is 0 Å². The van der Waals surface area contributed by atoms with Gasteiger partial charge in [-0.15, -0.1) is 0 Å². The molecule has 0 aromatic rings. The van der Waals surface area contributed by atoms with Crippen LogP contribution in [0, 0.1) is 6.23 Å². The van der Waals surface area contributed by atoms with Gasteiger partial charge in [-0.05, 0) is 25.3 Å². The van der Waals surface area contributed by atoms with Crippen LogP contribution in [-0.4, -0.2) is 6.61 Å². The molecule has 0 atom stereocenters. The van der Waals surface area contributed by atoms with Gasteiger partial charge in [0.15, 0.2) is 0 Å². The van der Waals surface area contributed by atoms with Gasteiger partial charge in [-0.3, -0.25) is 0 Å². The second-order valence-electron chi connectivity index (χ2n) is 1.66. The fraction of sp³-hybridized carbons (Fsp3) is 0.286. The number of allylic oxidation sites excluding steroid dienone is 2. The molecule has 0 aromatic carbocycles. The number of hydrogen-bond donors (Lipinski definition) is 1. The lowest BCUT2D eigenvalue weighted by Crippen LogP contribution is -2.17. The third-order valence-electron chi connectivity index (χ3n) is 0.980. The van der Waals surface area contributed by atoms with Crippen molar-refractivity contribution in [2.75, 3.05) is 6.61 Å². The third kappa shape index (κ3) is 1.90. The zero-order chi connectivity index (χ0) is 6.53. The van der Waals surface area contributed by atoms with Gasteiger partial charge in [0.2, 0.25) is 6.23 Å². The highest BCUT2D eigenvalue weighted by Crippen LogP contribution is 2.02. The second-order valence-corrected chi connectivity index (χ2v) is 1.66. The summed E-state index contributed by atoms with van der Waals surface area (Å²) in [6.07, 6.45) is 8.40. The van der Waals surface area contributed by atoms with Crippen molar-refractivity contribution in [1.29, 1.82) is 0 Å². The topological polar surface area (TPSA) is 21.3 Å². The molecule has 1 radical (unpaired) electrons. The minimum atomic E-state index is 0.709. The molecule has 0 saturated heterocycles. The van der Waals surface area contributed by atoms with Crippen LogP contribution in [0.25, 0.3) is 0 Å². The summed E-state index contributed by atoms with van der Waals surface area (Å²) < 4.78 is 5.15. The molecule has 0 bridgehead atoms. The smallest absolute Gasteiger partial charge is 0.210 e. The Morgan fingerprint density at radius 3 is 3.00 bits per heavy atom. The summed E-state index contributed by atoms with van der Waals surface area (Å²) >= 11 is 0. The van der Waals surface area contributed by atoms with Crippen LogP contribution in [-0.2, 0) is 4.74 Å². The van der Waals surface area contributed by atoms with Gasteiger partial charge in [0, 0.05) is 6.61 Å². The zero-order valence-electron chi connectivity index (χ0n) is 5.42. The van der Waals surface area contributed by atoms with E-state index in [0.29, 0.717) is 6.61 Å². The molecule has 2 heteroatoms. The highest BCUT2D eigenvalue weighted by molar-refractivity contribution is 5.16. The molecule has 0 aromatic heterocycles. The lowest BCUT2D eigenvalue weighted by molar-refractivity contribution is 0.163. The number of dihydropyridines is 1. The zero-order valence-corrected chi connectivity index (χ0v) is 5.42. The quantitative estimate of drug-likeness (QED) is 0.597. The number of hydrogen-bond acceptors (Lipinski definition) is 2. The van der Waals surface area contributed by atoms with Gasteiger partial charge < -0.3 is 10.1 Å². The third-order valence-corrected chi connectivity index (χ3v) is 0.980. The summed E-state index contributed by atoms with van der Waals surface area (Å²) in [7, 11) is 0. The predicted octanol–water partition coefficient (Wildman–Crippen LogP) is 1.19. The van der Waals surface area contributed by atoms with Crippen LogP contribution < -0.4 is 5.32 Å². The monoisotopic (exact) mass is 124 g/mol. The first kappa shape index (κ1) is 6.36. The van der Waals surface area contributed by atoms with Gasteiger partial charge in [0.1, 0.15) is 0 Å².